The van der Waals surface area contributed by atoms with Crippen LogP contribution in [0.5, 0.6) is 5.88 Å². The van der Waals surface area contributed by atoms with Gasteiger partial charge >= 0.3 is 0 Å². The van der Waals surface area contributed by atoms with Crippen molar-refractivity contribution in [3.05, 3.63) is 23.9 Å². The smallest absolute Gasteiger partial charge is 0.213 e. The van der Waals surface area contributed by atoms with E-state index in [2.05, 4.69) is 18.8 Å². The van der Waals surface area contributed by atoms with Gasteiger partial charge in [0.1, 0.15) is 0 Å². The second kappa shape index (κ2) is 7.36. The molecule has 1 aromatic rings. The van der Waals surface area contributed by atoms with Crippen molar-refractivity contribution in [2.75, 3.05) is 6.61 Å². The molecule has 0 aliphatic carbocycles. The van der Waals surface area contributed by atoms with Gasteiger partial charge in [-0.25, -0.2) is 4.98 Å². The second-order valence-electron chi connectivity index (χ2n) is 3.32. The van der Waals surface area contributed by atoms with Crippen molar-refractivity contribution in [1.29, 1.82) is 0 Å². The van der Waals surface area contributed by atoms with Gasteiger partial charge in [-0.05, 0) is 18.9 Å². The fourth-order valence-corrected chi connectivity index (χ4v) is 0.850. The summed E-state index contributed by atoms with van der Waals surface area (Å²) in [7, 11) is 0. The molecular weight excluding hydrogens is 174 g/mol. The molecule has 0 aromatic carbocycles. The molecule has 1 heterocycles. The van der Waals surface area contributed by atoms with Crippen molar-refractivity contribution in [2.45, 2.75) is 34.6 Å². The molecule has 0 aliphatic heterocycles. The molecule has 2 heteroatoms. The topological polar surface area (TPSA) is 22.1 Å². The molecular formula is C12H21NO. The van der Waals surface area contributed by atoms with Crippen LogP contribution in [-0.2, 0) is 0 Å². The highest BCUT2D eigenvalue weighted by molar-refractivity contribution is 5.14. The number of aromatic nitrogens is 1. The SMILES string of the molecule is CC.Cc1cccc(OCC(C)C)n1. The maximum Gasteiger partial charge on any atom is 0.213 e. The predicted molar refractivity (Wildman–Crippen MR) is 60.7 cm³/mol. The van der Waals surface area contributed by atoms with Gasteiger partial charge in [0.25, 0.3) is 0 Å². The summed E-state index contributed by atoms with van der Waals surface area (Å²) in [6.45, 7) is 10.9. The van der Waals surface area contributed by atoms with E-state index in [0.29, 0.717) is 5.92 Å². The first-order valence-corrected chi connectivity index (χ1v) is 5.25. The Morgan fingerprint density at radius 3 is 2.43 bits per heavy atom. The molecule has 0 radical (unpaired) electrons. The van der Waals surface area contributed by atoms with Gasteiger partial charge in [-0.2, -0.15) is 0 Å². The van der Waals surface area contributed by atoms with E-state index >= 15 is 0 Å². The van der Waals surface area contributed by atoms with Crippen molar-refractivity contribution in [3.63, 3.8) is 0 Å². The number of hydrogen-bond donors (Lipinski definition) is 0. The molecule has 14 heavy (non-hydrogen) atoms. The van der Waals surface area contributed by atoms with Gasteiger partial charge in [-0.1, -0.05) is 33.8 Å². The van der Waals surface area contributed by atoms with Crippen LogP contribution in [0, 0.1) is 12.8 Å². The summed E-state index contributed by atoms with van der Waals surface area (Å²) >= 11 is 0. The first kappa shape index (κ1) is 12.9. The zero-order chi connectivity index (χ0) is 11.0. The Bertz CT molecular complexity index is 246. The van der Waals surface area contributed by atoms with Crippen LogP contribution in [0.4, 0.5) is 0 Å². The van der Waals surface area contributed by atoms with Crippen LogP contribution in [0.2, 0.25) is 0 Å². The Morgan fingerprint density at radius 1 is 1.29 bits per heavy atom. The van der Waals surface area contributed by atoms with Gasteiger partial charge in [0.2, 0.25) is 5.88 Å². The van der Waals surface area contributed by atoms with Crippen molar-refractivity contribution in [3.8, 4) is 5.88 Å². The lowest BCUT2D eigenvalue weighted by molar-refractivity contribution is 0.261. The molecule has 0 saturated carbocycles. The minimum atomic E-state index is 0.548. The van der Waals surface area contributed by atoms with Gasteiger partial charge in [0, 0.05) is 11.8 Å². The number of nitrogens with zero attached hydrogens (tertiary/aromatic N) is 1. The van der Waals surface area contributed by atoms with Crippen LogP contribution in [0.15, 0.2) is 18.2 Å². The number of rotatable bonds is 3. The molecule has 0 fully saturated rings. The fraction of sp³-hybridized carbons (Fsp3) is 0.583. The van der Waals surface area contributed by atoms with Crippen molar-refractivity contribution in [1.82, 2.24) is 4.98 Å². The zero-order valence-electron chi connectivity index (χ0n) is 9.87. The van der Waals surface area contributed by atoms with E-state index < -0.39 is 0 Å². The molecule has 1 aromatic heterocycles. The highest BCUT2D eigenvalue weighted by Crippen LogP contribution is 2.07. The van der Waals surface area contributed by atoms with E-state index in [4.69, 9.17) is 4.74 Å². The average molecular weight is 195 g/mol. The summed E-state index contributed by atoms with van der Waals surface area (Å²) < 4.78 is 5.44. The molecule has 0 amide bonds. The molecule has 2 nitrogen and oxygen atoms in total. The fourth-order valence-electron chi connectivity index (χ4n) is 0.850. The van der Waals surface area contributed by atoms with Gasteiger partial charge in [-0.15, -0.1) is 0 Å². The third-order valence-corrected chi connectivity index (χ3v) is 1.43. The van der Waals surface area contributed by atoms with Crippen LogP contribution in [0.1, 0.15) is 33.4 Å². The summed E-state index contributed by atoms with van der Waals surface area (Å²) in [5.74, 6) is 1.27. The zero-order valence-corrected chi connectivity index (χ0v) is 9.87. The quantitative estimate of drug-likeness (QED) is 0.737. The van der Waals surface area contributed by atoms with Crippen molar-refractivity contribution < 1.29 is 4.74 Å². The Morgan fingerprint density at radius 2 is 1.93 bits per heavy atom. The largest absolute Gasteiger partial charge is 0.477 e. The molecule has 1 rings (SSSR count). The third kappa shape index (κ3) is 5.57. The Balaban J connectivity index is 0.000000791. The lowest BCUT2D eigenvalue weighted by Crippen LogP contribution is -2.05. The maximum atomic E-state index is 5.44. The summed E-state index contributed by atoms with van der Waals surface area (Å²) in [6.07, 6.45) is 0. The summed E-state index contributed by atoms with van der Waals surface area (Å²) in [5, 5.41) is 0. The second-order valence-corrected chi connectivity index (χ2v) is 3.32. The van der Waals surface area contributed by atoms with Crippen LogP contribution < -0.4 is 4.74 Å². The highest BCUT2D eigenvalue weighted by Gasteiger charge is 1.97. The van der Waals surface area contributed by atoms with Crippen LogP contribution >= 0.6 is 0 Å². The standard InChI is InChI=1S/C10H15NO.C2H6/c1-8(2)7-12-10-6-4-5-9(3)11-10;1-2/h4-6,8H,7H2,1-3H3;1-2H3. The number of aryl methyl sites for hydroxylation is 1. The Kier molecular flexibility index (Phi) is 6.81. The first-order chi connectivity index (χ1) is 6.68. The molecule has 0 N–H and O–H groups in total. The molecule has 0 aliphatic rings. The van der Waals surface area contributed by atoms with Crippen molar-refractivity contribution in [2.24, 2.45) is 5.92 Å². The lowest BCUT2D eigenvalue weighted by atomic mass is 10.2. The van der Waals surface area contributed by atoms with E-state index in [1.165, 1.54) is 0 Å². The summed E-state index contributed by atoms with van der Waals surface area (Å²) in [4.78, 5) is 4.22. The van der Waals surface area contributed by atoms with E-state index in [-0.39, 0.29) is 0 Å². The van der Waals surface area contributed by atoms with Gasteiger partial charge in [-0.3, -0.25) is 0 Å². The summed E-state index contributed by atoms with van der Waals surface area (Å²) in [6, 6.07) is 5.80. The molecule has 0 unspecified atom stereocenters. The molecule has 0 spiro atoms. The lowest BCUT2D eigenvalue weighted by Gasteiger charge is -2.07. The van der Waals surface area contributed by atoms with Crippen LogP contribution in [0.3, 0.4) is 0 Å². The Labute approximate surface area is 87.3 Å². The van der Waals surface area contributed by atoms with Gasteiger partial charge in [0.05, 0.1) is 6.61 Å². The number of hydrogen-bond acceptors (Lipinski definition) is 2. The third-order valence-electron chi connectivity index (χ3n) is 1.43. The minimum Gasteiger partial charge on any atom is -0.477 e. The maximum absolute atomic E-state index is 5.44. The molecule has 0 bridgehead atoms. The number of pyridine rings is 1. The van der Waals surface area contributed by atoms with E-state index in [1.807, 2.05) is 39.0 Å². The van der Waals surface area contributed by atoms with Gasteiger partial charge < -0.3 is 4.74 Å². The average Bonchev–Trinajstić information content (AvgIpc) is 2.18. The monoisotopic (exact) mass is 195 g/mol. The first-order valence-electron chi connectivity index (χ1n) is 5.25. The van der Waals surface area contributed by atoms with Crippen molar-refractivity contribution >= 4 is 0 Å². The van der Waals surface area contributed by atoms with Gasteiger partial charge in [0.15, 0.2) is 0 Å². The number of ether oxygens (including phenoxy) is 1. The van der Waals surface area contributed by atoms with Crippen LogP contribution in [-0.4, -0.2) is 11.6 Å². The van der Waals surface area contributed by atoms with Crippen LogP contribution in [0.25, 0.3) is 0 Å². The highest BCUT2D eigenvalue weighted by atomic mass is 16.5. The normalized spacial score (nSPS) is 9.29. The Hall–Kier alpha value is -1.05. The minimum absolute atomic E-state index is 0.548. The van der Waals surface area contributed by atoms with E-state index in [0.717, 1.165) is 18.2 Å². The summed E-state index contributed by atoms with van der Waals surface area (Å²) in [5.41, 5.74) is 0.997. The molecule has 80 valence electrons. The molecule has 0 atom stereocenters. The molecule has 0 saturated heterocycles. The predicted octanol–water partition coefficient (Wildman–Crippen LogP) is 3.45. The van der Waals surface area contributed by atoms with E-state index in [1.54, 1.807) is 0 Å². The van der Waals surface area contributed by atoms with E-state index in [9.17, 15) is 0 Å².